The fourth-order valence-electron chi connectivity index (χ4n) is 3.23. The molecule has 0 spiro atoms. The van der Waals surface area contributed by atoms with Crippen molar-refractivity contribution >= 4 is 35.1 Å². The molecule has 1 aromatic heterocycles. The van der Waals surface area contributed by atoms with Crippen molar-refractivity contribution < 1.29 is 13.6 Å². The molecule has 1 atom stereocenters. The van der Waals surface area contributed by atoms with Crippen LogP contribution in [0.5, 0.6) is 0 Å². The van der Waals surface area contributed by atoms with Crippen LogP contribution in [-0.4, -0.2) is 15.9 Å². The minimum absolute atomic E-state index is 0.0753. The molecular formula is C20H14ClF2N3O2S. The first-order valence-corrected chi connectivity index (χ1v) is 10.0. The molecule has 4 rings (SSSR count). The maximum Gasteiger partial charge on any atom is 0.257 e. The number of rotatable bonds is 4. The largest absolute Gasteiger partial charge is 0.310 e. The number of nitrogens with one attached hydrogen (secondary N) is 2. The number of thioether (sulfide) groups is 1. The zero-order valence-electron chi connectivity index (χ0n) is 14.8. The van der Waals surface area contributed by atoms with E-state index >= 15 is 0 Å². The lowest BCUT2D eigenvalue weighted by Crippen LogP contribution is -2.31. The summed E-state index contributed by atoms with van der Waals surface area (Å²) in [7, 11) is 0. The number of nitrogens with zero attached hydrogens (tertiary/aromatic N) is 1. The van der Waals surface area contributed by atoms with Crippen LogP contribution in [0.25, 0.3) is 0 Å². The molecule has 0 fully saturated rings. The number of carbonyl (C=O) groups excluding carboxylic acids is 1. The van der Waals surface area contributed by atoms with Gasteiger partial charge in [-0.2, -0.15) is 0 Å². The Labute approximate surface area is 173 Å². The van der Waals surface area contributed by atoms with Gasteiger partial charge in [0, 0.05) is 29.2 Å². The predicted octanol–water partition coefficient (Wildman–Crippen LogP) is 4.47. The molecule has 29 heavy (non-hydrogen) atoms. The second kappa shape index (κ2) is 7.96. The van der Waals surface area contributed by atoms with Crippen LogP contribution in [0.2, 0.25) is 5.02 Å². The van der Waals surface area contributed by atoms with Gasteiger partial charge in [0.25, 0.3) is 5.56 Å². The highest BCUT2D eigenvalue weighted by Crippen LogP contribution is 2.36. The van der Waals surface area contributed by atoms with Crippen molar-refractivity contribution in [1.82, 2.24) is 9.97 Å². The Morgan fingerprint density at radius 2 is 1.97 bits per heavy atom. The SMILES string of the molecule is O=C1C[C@@H](c2ccc(F)cc2F)c2c(nc(SCc3ccccc3Cl)[nH]c2=O)N1. The number of hydrogen-bond donors (Lipinski definition) is 2. The average molecular weight is 434 g/mol. The highest BCUT2D eigenvalue weighted by molar-refractivity contribution is 7.98. The Morgan fingerprint density at radius 3 is 2.72 bits per heavy atom. The molecule has 2 aromatic carbocycles. The lowest BCUT2D eigenvalue weighted by Gasteiger charge is -2.24. The smallest absolute Gasteiger partial charge is 0.257 e. The number of amides is 1. The van der Waals surface area contributed by atoms with Crippen molar-refractivity contribution in [1.29, 1.82) is 0 Å². The summed E-state index contributed by atoms with van der Waals surface area (Å²) in [6.45, 7) is 0. The maximum atomic E-state index is 14.3. The fraction of sp³-hybridized carbons (Fsp3) is 0.150. The standard InChI is InChI=1S/C20H14ClF2N3O2S/c21-14-4-2-1-3-10(14)9-29-20-25-18-17(19(28)26-20)13(8-16(27)24-18)12-6-5-11(22)7-15(12)23/h1-7,13H,8-9H2,(H2,24,25,26,27,28)/t13-/m0/s1. The van der Waals surface area contributed by atoms with Crippen LogP contribution in [0.3, 0.4) is 0 Å². The van der Waals surface area contributed by atoms with Gasteiger partial charge in [-0.1, -0.05) is 47.6 Å². The van der Waals surface area contributed by atoms with Crippen molar-refractivity contribution in [2.75, 3.05) is 5.32 Å². The van der Waals surface area contributed by atoms with Gasteiger partial charge in [0.1, 0.15) is 17.5 Å². The Balaban J connectivity index is 1.69. The summed E-state index contributed by atoms with van der Waals surface area (Å²) >= 11 is 7.40. The fourth-order valence-corrected chi connectivity index (χ4v) is 4.38. The molecule has 2 heterocycles. The summed E-state index contributed by atoms with van der Waals surface area (Å²) in [4.78, 5) is 31.9. The Morgan fingerprint density at radius 1 is 1.17 bits per heavy atom. The number of H-pyrrole nitrogens is 1. The molecule has 1 aliphatic rings. The van der Waals surface area contributed by atoms with Crippen molar-refractivity contribution in [3.8, 4) is 0 Å². The zero-order valence-corrected chi connectivity index (χ0v) is 16.4. The number of hydrogen-bond acceptors (Lipinski definition) is 4. The minimum atomic E-state index is -0.849. The number of fused-ring (bicyclic) bond motifs is 1. The summed E-state index contributed by atoms with van der Waals surface area (Å²) in [6, 6.07) is 10.4. The molecule has 1 aliphatic heterocycles. The molecule has 0 radical (unpaired) electrons. The van der Waals surface area contributed by atoms with Gasteiger partial charge < -0.3 is 10.3 Å². The summed E-state index contributed by atoms with van der Waals surface area (Å²) in [5.74, 6) is -2.24. The monoisotopic (exact) mass is 433 g/mol. The number of anilines is 1. The molecule has 0 saturated carbocycles. The average Bonchev–Trinajstić information content (AvgIpc) is 2.66. The Kier molecular flexibility index (Phi) is 5.38. The molecule has 0 saturated heterocycles. The van der Waals surface area contributed by atoms with Gasteiger partial charge in [-0.05, 0) is 23.3 Å². The van der Waals surface area contributed by atoms with Crippen molar-refractivity contribution in [3.63, 3.8) is 0 Å². The topological polar surface area (TPSA) is 74.8 Å². The van der Waals surface area contributed by atoms with Crippen LogP contribution < -0.4 is 10.9 Å². The zero-order chi connectivity index (χ0) is 20.5. The molecule has 148 valence electrons. The van der Waals surface area contributed by atoms with E-state index in [-0.39, 0.29) is 23.4 Å². The van der Waals surface area contributed by atoms with Crippen molar-refractivity contribution in [2.45, 2.75) is 23.2 Å². The molecule has 0 bridgehead atoms. The van der Waals surface area contributed by atoms with Gasteiger partial charge in [-0.3, -0.25) is 9.59 Å². The lowest BCUT2D eigenvalue weighted by atomic mass is 9.86. The maximum absolute atomic E-state index is 14.3. The number of carbonyl (C=O) groups is 1. The van der Waals surface area contributed by atoms with Gasteiger partial charge in [0.05, 0.1) is 5.56 Å². The van der Waals surface area contributed by atoms with E-state index in [0.29, 0.717) is 15.9 Å². The first-order valence-electron chi connectivity index (χ1n) is 8.67. The van der Waals surface area contributed by atoms with E-state index < -0.39 is 29.0 Å². The van der Waals surface area contributed by atoms with E-state index in [9.17, 15) is 18.4 Å². The number of aromatic nitrogens is 2. The minimum Gasteiger partial charge on any atom is -0.310 e. The quantitative estimate of drug-likeness (QED) is 0.470. The van der Waals surface area contributed by atoms with Crippen LogP contribution in [0, 0.1) is 11.6 Å². The summed E-state index contributed by atoms with van der Waals surface area (Å²) in [5, 5.41) is 3.47. The first kappa shape index (κ1) is 19.6. The molecule has 5 nitrogen and oxygen atoms in total. The lowest BCUT2D eigenvalue weighted by molar-refractivity contribution is -0.116. The Bertz CT molecular complexity index is 1170. The van der Waals surface area contributed by atoms with E-state index in [1.54, 1.807) is 6.07 Å². The van der Waals surface area contributed by atoms with E-state index in [1.165, 1.54) is 17.8 Å². The van der Waals surface area contributed by atoms with Crippen LogP contribution in [0.1, 0.15) is 29.0 Å². The third-order valence-electron chi connectivity index (χ3n) is 4.59. The van der Waals surface area contributed by atoms with E-state index in [4.69, 9.17) is 11.6 Å². The molecule has 1 amide bonds. The van der Waals surface area contributed by atoms with Crippen LogP contribution in [-0.2, 0) is 10.5 Å². The van der Waals surface area contributed by atoms with Gasteiger partial charge in [-0.25, -0.2) is 13.8 Å². The molecule has 9 heteroatoms. The molecule has 0 aliphatic carbocycles. The van der Waals surface area contributed by atoms with Crippen molar-refractivity contribution in [2.24, 2.45) is 0 Å². The van der Waals surface area contributed by atoms with E-state index in [2.05, 4.69) is 15.3 Å². The number of halogens is 3. The van der Waals surface area contributed by atoms with Gasteiger partial charge in [-0.15, -0.1) is 0 Å². The van der Waals surface area contributed by atoms with E-state index in [1.807, 2.05) is 18.2 Å². The van der Waals surface area contributed by atoms with Gasteiger partial charge in [0.2, 0.25) is 5.91 Å². The van der Waals surface area contributed by atoms with Crippen LogP contribution in [0.15, 0.2) is 52.4 Å². The van der Waals surface area contributed by atoms with Crippen LogP contribution in [0.4, 0.5) is 14.6 Å². The molecule has 0 unspecified atom stereocenters. The summed E-state index contributed by atoms with van der Waals surface area (Å²) in [5.41, 5.74) is 0.615. The van der Waals surface area contributed by atoms with Gasteiger partial charge in [0.15, 0.2) is 5.16 Å². The number of aromatic amines is 1. The van der Waals surface area contributed by atoms with Crippen LogP contribution >= 0.6 is 23.4 Å². The first-order chi connectivity index (χ1) is 13.9. The third-order valence-corrected chi connectivity index (χ3v) is 5.88. The highest BCUT2D eigenvalue weighted by Gasteiger charge is 2.32. The predicted molar refractivity (Wildman–Crippen MR) is 107 cm³/mol. The second-order valence-electron chi connectivity index (χ2n) is 6.48. The van der Waals surface area contributed by atoms with E-state index in [0.717, 1.165) is 17.7 Å². The van der Waals surface area contributed by atoms with Crippen molar-refractivity contribution in [3.05, 3.63) is 86.2 Å². The molecule has 3 aromatic rings. The Hall–Kier alpha value is -2.71. The molecular weight excluding hydrogens is 420 g/mol. The normalized spacial score (nSPS) is 15.7. The second-order valence-corrected chi connectivity index (χ2v) is 7.86. The third kappa shape index (κ3) is 4.04. The molecule has 2 N–H and O–H groups in total. The highest BCUT2D eigenvalue weighted by atomic mass is 35.5. The van der Waals surface area contributed by atoms with Gasteiger partial charge >= 0.3 is 0 Å². The summed E-state index contributed by atoms with van der Waals surface area (Å²) in [6.07, 6.45) is -0.133. The summed E-state index contributed by atoms with van der Waals surface area (Å²) < 4.78 is 27.6. The number of benzene rings is 2.